The fourth-order valence-corrected chi connectivity index (χ4v) is 2.78. The average molecular weight is 307 g/mol. The summed E-state index contributed by atoms with van der Waals surface area (Å²) in [7, 11) is 0. The lowest BCUT2D eigenvalue weighted by atomic mass is 9.63. The number of hydrogen-bond acceptors (Lipinski definition) is 3. The number of halogens is 1. The van der Waals surface area contributed by atoms with Gasteiger partial charge in [-0.1, -0.05) is 18.5 Å². The van der Waals surface area contributed by atoms with Gasteiger partial charge in [0.25, 0.3) is 0 Å². The third-order valence-corrected chi connectivity index (χ3v) is 4.00. The maximum Gasteiger partial charge on any atom is 0.240 e. The van der Waals surface area contributed by atoms with Crippen LogP contribution >= 0.6 is 11.6 Å². The molecule has 0 heterocycles. The molecule has 1 fully saturated rings. The summed E-state index contributed by atoms with van der Waals surface area (Å²) in [5.41, 5.74) is -0.834. The molecule has 1 saturated carbocycles. The van der Waals surface area contributed by atoms with E-state index in [1.165, 1.54) is 0 Å². The Labute approximate surface area is 130 Å². The van der Waals surface area contributed by atoms with Crippen LogP contribution in [0.1, 0.15) is 26.7 Å². The van der Waals surface area contributed by atoms with Gasteiger partial charge in [0, 0.05) is 5.02 Å². The lowest BCUT2D eigenvalue weighted by Crippen LogP contribution is -2.49. The normalized spacial score (nSPS) is 25.3. The molecule has 21 heavy (non-hydrogen) atoms. The van der Waals surface area contributed by atoms with Crippen LogP contribution in [0.4, 0.5) is 0 Å². The van der Waals surface area contributed by atoms with E-state index in [0.717, 1.165) is 0 Å². The van der Waals surface area contributed by atoms with Crippen LogP contribution in [-0.2, 0) is 4.79 Å². The Kier molecular flexibility index (Phi) is 4.74. The number of carbonyl (C=O) groups excluding carboxylic acids is 1. The lowest BCUT2D eigenvalue weighted by Gasteiger charge is -2.39. The Bertz CT molecular complexity index is 544. The maximum atomic E-state index is 12.1. The van der Waals surface area contributed by atoms with E-state index >= 15 is 0 Å². The number of carbonyl (C=O) groups is 1. The number of amides is 1. The van der Waals surface area contributed by atoms with Gasteiger partial charge in [-0.3, -0.25) is 4.79 Å². The van der Waals surface area contributed by atoms with E-state index in [9.17, 15) is 10.1 Å². The van der Waals surface area contributed by atoms with Crippen molar-refractivity contribution in [2.75, 3.05) is 6.54 Å². The quantitative estimate of drug-likeness (QED) is 0.909. The molecule has 0 aliphatic heterocycles. The highest BCUT2D eigenvalue weighted by atomic mass is 35.5. The molecule has 4 nitrogen and oxygen atoms in total. The van der Waals surface area contributed by atoms with Gasteiger partial charge in [0.05, 0.1) is 12.6 Å². The van der Waals surface area contributed by atoms with Crippen molar-refractivity contribution in [2.24, 2.45) is 11.3 Å². The fourth-order valence-electron chi connectivity index (χ4n) is 2.65. The van der Waals surface area contributed by atoms with Gasteiger partial charge in [0.1, 0.15) is 17.3 Å². The first-order valence-electron chi connectivity index (χ1n) is 7.07. The molecule has 1 N–H and O–H groups in total. The Hall–Kier alpha value is -1.73. The number of nitrogens with one attached hydrogen (secondary N) is 1. The molecule has 1 aromatic carbocycles. The van der Waals surface area contributed by atoms with E-state index < -0.39 is 5.41 Å². The molecule has 0 bridgehead atoms. The summed E-state index contributed by atoms with van der Waals surface area (Å²) < 4.78 is 5.68. The minimum atomic E-state index is -0.834. The number of ether oxygens (including phenoxy) is 1. The molecule has 1 amide bonds. The predicted octanol–water partition coefficient (Wildman–Crippen LogP) is 3.16. The smallest absolute Gasteiger partial charge is 0.240 e. The Morgan fingerprint density at radius 1 is 1.52 bits per heavy atom. The van der Waals surface area contributed by atoms with Crippen molar-refractivity contribution in [2.45, 2.75) is 32.8 Å². The minimum absolute atomic E-state index is 0.177. The molecule has 1 aliphatic rings. The summed E-state index contributed by atoms with van der Waals surface area (Å²) in [6.45, 7) is 4.30. The number of rotatable bonds is 5. The molecule has 1 atom stereocenters. The van der Waals surface area contributed by atoms with Crippen molar-refractivity contribution in [1.82, 2.24) is 5.32 Å². The second-order valence-corrected chi connectivity index (χ2v) is 6.24. The summed E-state index contributed by atoms with van der Waals surface area (Å²) >= 11 is 5.81. The van der Waals surface area contributed by atoms with Crippen molar-refractivity contribution >= 4 is 17.5 Å². The molecule has 0 unspecified atom stereocenters. The Morgan fingerprint density at radius 3 is 2.67 bits per heavy atom. The van der Waals surface area contributed by atoms with Crippen LogP contribution in [0.2, 0.25) is 5.02 Å². The van der Waals surface area contributed by atoms with Gasteiger partial charge in [-0.05, 0) is 49.9 Å². The highest BCUT2D eigenvalue weighted by molar-refractivity contribution is 6.30. The largest absolute Gasteiger partial charge is 0.489 e. The Balaban J connectivity index is 1.81. The monoisotopic (exact) mass is 306 g/mol. The van der Waals surface area contributed by atoms with E-state index in [0.29, 0.717) is 36.1 Å². The van der Waals surface area contributed by atoms with Gasteiger partial charge in [0.2, 0.25) is 5.91 Å². The molecule has 1 aromatic rings. The van der Waals surface area contributed by atoms with Crippen molar-refractivity contribution in [1.29, 1.82) is 5.26 Å². The Morgan fingerprint density at radius 2 is 2.14 bits per heavy atom. The molecule has 5 heteroatoms. The van der Waals surface area contributed by atoms with Crippen LogP contribution in [-0.4, -0.2) is 18.6 Å². The van der Waals surface area contributed by atoms with Gasteiger partial charge in [0.15, 0.2) is 0 Å². The van der Waals surface area contributed by atoms with Crippen molar-refractivity contribution in [3.05, 3.63) is 29.3 Å². The van der Waals surface area contributed by atoms with Gasteiger partial charge in [-0.25, -0.2) is 0 Å². The maximum absolute atomic E-state index is 12.1. The fraction of sp³-hybridized carbons (Fsp3) is 0.500. The molecule has 0 aromatic heterocycles. The molecule has 2 rings (SSSR count). The summed E-state index contributed by atoms with van der Waals surface area (Å²) in [5, 5.41) is 12.7. The van der Waals surface area contributed by atoms with Crippen LogP contribution in [0.25, 0.3) is 0 Å². The topological polar surface area (TPSA) is 62.1 Å². The number of hydrogen-bond donors (Lipinski definition) is 1. The second kappa shape index (κ2) is 6.36. The van der Waals surface area contributed by atoms with E-state index in [1.54, 1.807) is 24.3 Å². The highest BCUT2D eigenvalue weighted by Crippen LogP contribution is 2.44. The van der Waals surface area contributed by atoms with Crippen molar-refractivity contribution < 1.29 is 9.53 Å². The summed E-state index contributed by atoms with van der Waals surface area (Å²) in [6, 6.07) is 9.23. The third-order valence-electron chi connectivity index (χ3n) is 3.74. The molecule has 0 saturated heterocycles. The molecule has 0 spiro atoms. The first-order valence-corrected chi connectivity index (χ1v) is 7.45. The zero-order chi connectivity index (χ0) is 15.5. The second-order valence-electron chi connectivity index (χ2n) is 5.80. The molecule has 112 valence electrons. The minimum Gasteiger partial charge on any atom is -0.489 e. The van der Waals surface area contributed by atoms with Gasteiger partial charge in [-0.15, -0.1) is 0 Å². The standard InChI is InChI=1S/C16H19ClN2O2/c1-11-7-16(8-11,10-18)15(20)19-9-12(2)21-14-5-3-13(17)4-6-14/h3-6,11-12H,7-9H2,1-2H3,(H,19,20)/t11?,12-,16?/m1/s1. The number of benzene rings is 1. The van der Waals surface area contributed by atoms with Crippen molar-refractivity contribution in [3.63, 3.8) is 0 Å². The van der Waals surface area contributed by atoms with Crippen LogP contribution < -0.4 is 10.1 Å². The molecule has 1 aliphatic carbocycles. The van der Waals surface area contributed by atoms with Gasteiger partial charge < -0.3 is 10.1 Å². The SMILES string of the molecule is CC1CC(C#N)(C(=O)NC[C@@H](C)Oc2ccc(Cl)cc2)C1. The summed E-state index contributed by atoms with van der Waals surface area (Å²) in [6.07, 6.45) is 1.10. The number of nitriles is 1. The van der Waals surface area contributed by atoms with Gasteiger partial charge >= 0.3 is 0 Å². The van der Waals surface area contributed by atoms with E-state index in [1.807, 2.05) is 6.92 Å². The molecular weight excluding hydrogens is 288 g/mol. The number of nitrogens with zero attached hydrogens (tertiary/aromatic N) is 1. The summed E-state index contributed by atoms with van der Waals surface area (Å²) in [5.74, 6) is 0.959. The molecule has 0 radical (unpaired) electrons. The lowest BCUT2D eigenvalue weighted by molar-refractivity contribution is -0.134. The van der Waals surface area contributed by atoms with Crippen LogP contribution in [0.5, 0.6) is 5.75 Å². The van der Waals surface area contributed by atoms with E-state index in [-0.39, 0.29) is 12.0 Å². The highest BCUT2D eigenvalue weighted by Gasteiger charge is 2.48. The molecular formula is C16H19ClN2O2. The van der Waals surface area contributed by atoms with E-state index in [2.05, 4.69) is 18.3 Å². The van der Waals surface area contributed by atoms with Crippen molar-refractivity contribution in [3.8, 4) is 11.8 Å². The first-order chi connectivity index (χ1) is 9.95. The van der Waals surface area contributed by atoms with Crippen LogP contribution in [0.3, 0.4) is 0 Å². The van der Waals surface area contributed by atoms with Gasteiger partial charge in [-0.2, -0.15) is 5.26 Å². The first kappa shape index (κ1) is 15.7. The predicted molar refractivity (Wildman–Crippen MR) is 81.0 cm³/mol. The van der Waals surface area contributed by atoms with Crippen LogP contribution in [0, 0.1) is 22.7 Å². The average Bonchev–Trinajstić information content (AvgIpc) is 2.43. The van der Waals surface area contributed by atoms with Crippen LogP contribution in [0.15, 0.2) is 24.3 Å². The summed E-state index contributed by atoms with van der Waals surface area (Å²) in [4.78, 5) is 12.1. The van der Waals surface area contributed by atoms with E-state index in [4.69, 9.17) is 16.3 Å². The zero-order valence-electron chi connectivity index (χ0n) is 12.2. The third kappa shape index (κ3) is 3.68. The zero-order valence-corrected chi connectivity index (χ0v) is 13.0.